The maximum absolute atomic E-state index is 13.6. The molecule has 1 amide bonds. The maximum atomic E-state index is 13.6. The number of nitro groups is 1. The zero-order valence-electron chi connectivity index (χ0n) is 19.1. The lowest BCUT2D eigenvalue weighted by Crippen LogP contribution is -2.37. The molecule has 1 saturated carbocycles. The normalized spacial score (nSPS) is 12.8. The van der Waals surface area contributed by atoms with Gasteiger partial charge in [0.1, 0.15) is 17.2 Å². The molecule has 1 aliphatic carbocycles. The van der Waals surface area contributed by atoms with E-state index in [4.69, 9.17) is 9.47 Å². The molecule has 34 heavy (non-hydrogen) atoms. The summed E-state index contributed by atoms with van der Waals surface area (Å²) in [6, 6.07) is 12.6. The number of benzene rings is 2. The molecule has 0 spiro atoms. The summed E-state index contributed by atoms with van der Waals surface area (Å²) in [6.45, 7) is 1.81. The fourth-order valence-electron chi connectivity index (χ4n) is 3.82. The number of amides is 1. The molecule has 0 unspecified atom stereocenters. The Hall–Kier alpha value is -4.21. The van der Waals surface area contributed by atoms with Crippen molar-refractivity contribution in [1.82, 2.24) is 14.7 Å². The molecule has 1 aromatic heterocycles. The molecule has 1 fully saturated rings. The Balaban J connectivity index is 1.76. The Bertz CT molecular complexity index is 1320. The van der Waals surface area contributed by atoms with E-state index in [1.54, 1.807) is 56.4 Å². The summed E-state index contributed by atoms with van der Waals surface area (Å²) < 4.78 is 12.0. The van der Waals surface area contributed by atoms with Gasteiger partial charge in [-0.1, -0.05) is 12.1 Å². The summed E-state index contributed by atoms with van der Waals surface area (Å²) in [5.41, 5.74) is 0.265. The topological polar surface area (TPSA) is 117 Å². The van der Waals surface area contributed by atoms with E-state index in [0.717, 1.165) is 18.4 Å². The Kier molecular flexibility index (Phi) is 6.31. The second kappa shape index (κ2) is 9.34. The van der Waals surface area contributed by atoms with Crippen molar-refractivity contribution in [3.05, 3.63) is 85.8 Å². The highest BCUT2D eigenvalue weighted by Gasteiger charge is 2.35. The van der Waals surface area contributed by atoms with Gasteiger partial charge in [-0.15, -0.1) is 0 Å². The monoisotopic (exact) mass is 464 g/mol. The zero-order valence-corrected chi connectivity index (χ0v) is 19.1. The summed E-state index contributed by atoms with van der Waals surface area (Å²) in [5.74, 6) is 0.671. The van der Waals surface area contributed by atoms with Crippen molar-refractivity contribution < 1.29 is 19.2 Å². The largest absolute Gasteiger partial charge is 0.497 e. The number of hydrogen-bond acceptors (Lipinski definition) is 7. The minimum atomic E-state index is -0.541. The summed E-state index contributed by atoms with van der Waals surface area (Å²) in [4.78, 5) is 39.0. The van der Waals surface area contributed by atoms with Gasteiger partial charge in [0.25, 0.3) is 11.6 Å². The SMILES string of the molecule is COc1ccc(OC)c(CN(C(=O)c2nn(-c3ccccc3[N+](=O)[O-])c(C)cc2=O)C2CC2)c1. The van der Waals surface area contributed by atoms with Crippen molar-refractivity contribution in [2.75, 3.05) is 14.2 Å². The van der Waals surface area contributed by atoms with Gasteiger partial charge in [-0.05, 0) is 44.0 Å². The summed E-state index contributed by atoms with van der Waals surface area (Å²) in [7, 11) is 3.10. The second-order valence-electron chi connectivity index (χ2n) is 8.00. The number of ether oxygens (including phenoxy) is 2. The maximum Gasteiger partial charge on any atom is 0.294 e. The van der Waals surface area contributed by atoms with E-state index in [0.29, 0.717) is 17.2 Å². The fourth-order valence-corrected chi connectivity index (χ4v) is 3.82. The third kappa shape index (κ3) is 4.47. The van der Waals surface area contributed by atoms with E-state index in [2.05, 4.69) is 5.10 Å². The molecule has 0 atom stereocenters. The zero-order chi connectivity index (χ0) is 24.4. The number of para-hydroxylation sites is 2. The van der Waals surface area contributed by atoms with Crippen LogP contribution in [0.15, 0.2) is 53.3 Å². The third-order valence-corrected chi connectivity index (χ3v) is 5.69. The number of carbonyl (C=O) groups is 1. The van der Waals surface area contributed by atoms with Gasteiger partial charge in [-0.2, -0.15) is 5.10 Å². The predicted molar refractivity (Wildman–Crippen MR) is 124 cm³/mol. The number of nitro benzene ring substituents is 1. The van der Waals surface area contributed by atoms with Crippen LogP contribution < -0.4 is 14.9 Å². The Morgan fingerprint density at radius 1 is 1.18 bits per heavy atom. The van der Waals surface area contributed by atoms with Crippen LogP contribution in [-0.4, -0.2) is 45.8 Å². The Morgan fingerprint density at radius 3 is 2.56 bits per heavy atom. The van der Waals surface area contributed by atoms with Crippen LogP contribution in [0.4, 0.5) is 5.69 Å². The van der Waals surface area contributed by atoms with Crippen LogP contribution >= 0.6 is 0 Å². The van der Waals surface area contributed by atoms with Crippen LogP contribution in [0.5, 0.6) is 11.5 Å². The smallest absolute Gasteiger partial charge is 0.294 e. The van der Waals surface area contributed by atoms with E-state index in [-0.39, 0.29) is 29.7 Å². The van der Waals surface area contributed by atoms with Gasteiger partial charge < -0.3 is 14.4 Å². The van der Waals surface area contributed by atoms with Gasteiger partial charge in [0.05, 0.1) is 25.7 Å². The molecule has 10 nitrogen and oxygen atoms in total. The first-order valence-electron chi connectivity index (χ1n) is 10.7. The average Bonchev–Trinajstić information content (AvgIpc) is 3.67. The van der Waals surface area contributed by atoms with Crippen molar-refractivity contribution in [2.45, 2.75) is 32.4 Å². The van der Waals surface area contributed by atoms with Gasteiger partial charge in [-0.3, -0.25) is 19.7 Å². The van der Waals surface area contributed by atoms with Crippen molar-refractivity contribution in [3.8, 4) is 17.2 Å². The van der Waals surface area contributed by atoms with Crippen molar-refractivity contribution in [1.29, 1.82) is 0 Å². The van der Waals surface area contributed by atoms with E-state index in [1.807, 2.05) is 0 Å². The third-order valence-electron chi connectivity index (χ3n) is 5.69. The van der Waals surface area contributed by atoms with Gasteiger partial charge >= 0.3 is 0 Å². The quantitative estimate of drug-likeness (QED) is 0.371. The molecule has 0 N–H and O–H groups in total. The summed E-state index contributed by atoms with van der Waals surface area (Å²) in [5, 5.41) is 15.8. The van der Waals surface area contributed by atoms with Crippen LogP contribution in [0.1, 0.15) is 34.6 Å². The number of aryl methyl sites for hydroxylation is 1. The van der Waals surface area contributed by atoms with Crippen molar-refractivity contribution >= 4 is 11.6 Å². The lowest BCUT2D eigenvalue weighted by Gasteiger charge is -2.23. The van der Waals surface area contributed by atoms with Gasteiger partial charge in [0.15, 0.2) is 5.69 Å². The highest BCUT2D eigenvalue weighted by Crippen LogP contribution is 2.33. The van der Waals surface area contributed by atoms with Crippen LogP contribution in [0, 0.1) is 17.0 Å². The first kappa shape index (κ1) is 23.0. The number of aromatic nitrogens is 2. The number of nitrogens with zero attached hydrogens (tertiary/aromatic N) is 4. The average molecular weight is 464 g/mol. The van der Waals surface area contributed by atoms with Gasteiger partial charge in [-0.25, -0.2) is 4.68 Å². The van der Waals surface area contributed by atoms with E-state index in [9.17, 15) is 19.7 Å². The van der Waals surface area contributed by atoms with Gasteiger partial charge in [0, 0.05) is 29.4 Å². The molecule has 0 aliphatic heterocycles. The molecule has 1 aliphatic rings. The lowest BCUT2D eigenvalue weighted by molar-refractivity contribution is -0.384. The Morgan fingerprint density at radius 2 is 1.91 bits per heavy atom. The lowest BCUT2D eigenvalue weighted by atomic mass is 10.1. The van der Waals surface area contributed by atoms with Crippen LogP contribution in [0.2, 0.25) is 0 Å². The molecule has 0 radical (unpaired) electrons. The van der Waals surface area contributed by atoms with Crippen LogP contribution in [0.3, 0.4) is 0 Å². The number of methoxy groups -OCH3 is 2. The standard InChI is InChI=1S/C24H24N4O6/c1-15-12-21(29)23(25-27(15)19-6-4-5-7-20(19)28(31)32)24(30)26(17-8-9-17)14-16-13-18(33-2)10-11-22(16)34-3/h4-7,10-13,17H,8-9,14H2,1-3H3. The molecule has 10 heteroatoms. The van der Waals surface area contributed by atoms with Crippen LogP contribution in [-0.2, 0) is 6.54 Å². The van der Waals surface area contributed by atoms with E-state index >= 15 is 0 Å². The van der Waals surface area contributed by atoms with Crippen molar-refractivity contribution in [2.24, 2.45) is 0 Å². The molecular weight excluding hydrogens is 440 g/mol. The first-order chi connectivity index (χ1) is 16.3. The number of rotatable bonds is 8. The highest BCUT2D eigenvalue weighted by atomic mass is 16.6. The molecule has 0 saturated heterocycles. The van der Waals surface area contributed by atoms with Crippen LogP contribution in [0.25, 0.3) is 5.69 Å². The molecule has 0 bridgehead atoms. The van der Waals surface area contributed by atoms with E-state index in [1.165, 1.54) is 22.9 Å². The van der Waals surface area contributed by atoms with Gasteiger partial charge in [0.2, 0.25) is 5.43 Å². The molecular formula is C24H24N4O6. The Labute approximate surface area is 195 Å². The first-order valence-corrected chi connectivity index (χ1v) is 10.7. The molecule has 176 valence electrons. The fraction of sp³-hybridized carbons (Fsp3) is 0.292. The minimum Gasteiger partial charge on any atom is -0.497 e. The van der Waals surface area contributed by atoms with Crippen molar-refractivity contribution in [3.63, 3.8) is 0 Å². The van der Waals surface area contributed by atoms with E-state index < -0.39 is 16.3 Å². The number of carbonyl (C=O) groups excluding carboxylic acids is 1. The highest BCUT2D eigenvalue weighted by molar-refractivity contribution is 5.92. The molecule has 2 aromatic carbocycles. The number of hydrogen-bond donors (Lipinski definition) is 0. The molecule has 1 heterocycles. The molecule has 3 aromatic rings. The molecule has 4 rings (SSSR count). The second-order valence-corrected chi connectivity index (χ2v) is 8.00. The summed E-state index contributed by atoms with van der Waals surface area (Å²) in [6.07, 6.45) is 1.62. The predicted octanol–water partition coefficient (Wildman–Crippen LogP) is 3.27. The summed E-state index contributed by atoms with van der Waals surface area (Å²) >= 11 is 0. The minimum absolute atomic E-state index is 0.0366.